The quantitative estimate of drug-likeness (QED) is 0.813. The molecule has 0 aliphatic heterocycles. The maximum Gasteiger partial charge on any atom is 0.248 e. The standard InChI is InChI=1S/C8H6BrN3O/c9-6-4-11-12-2-1-5(8(10)13)3-7(6)12/h1-4H,(H2,10,13). The topological polar surface area (TPSA) is 60.4 Å². The minimum Gasteiger partial charge on any atom is -0.366 e. The molecule has 2 aromatic rings. The summed E-state index contributed by atoms with van der Waals surface area (Å²) in [5, 5.41) is 4.04. The zero-order valence-electron chi connectivity index (χ0n) is 6.57. The Balaban J connectivity index is 2.72. The lowest BCUT2D eigenvalue weighted by Gasteiger charge is -1.96. The van der Waals surface area contributed by atoms with Crippen LogP contribution in [0.2, 0.25) is 0 Å². The molecule has 0 atom stereocenters. The molecule has 2 heterocycles. The van der Waals surface area contributed by atoms with Crippen molar-refractivity contribution < 1.29 is 4.79 Å². The van der Waals surface area contributed by atoms with Crippen molar-refractivity contribution in [2.45, 2.75) is 0 Å². The van der Waals surface area contributed by atoms with E-state index in [-0.39, 0.29) is 0 Å². The molecule has 5 heteroatoms. The number of amides is 1. The number of hydrogen-bond acceptors (Lipinski definition) is 2. The van der Waals surface area contributed by atoms with Crippen molar-refractivity contribution in [2.75, 3.05) is 0 Å². The predicted molar refractivity (Wildman–Crippen MR) is 51.4 cm³/mol. The van der Waals surface area contributed by atoms with Crippen LogP contribution in [0.5, 0.6) is 0 Å². The van der Waals surface area contributed by atoms with Crippen molar-refractivity contribution in [3.8, 4) is 0 Å². The Bertz CT molecular complexity index is 477. The van der Waals surface area contributed by atoms with Crippen LogP contribution in [0.15, 0.2) is 29.0 Å². The van der Waals surface area contributed by atoms with Gasteiger partial charge in [0.2, 0.25) is 5.91 Å². The summed E-state index contributed by atoms with van der Waals surface area (Å²) in [7, 11) is 0. The van der Waals surface area contributed by atoms with Crippen molar-refractivity contribution in [3.05, 3.63) is 34.6 Å². The van der Waals surface area contributed by atoms with E-state index in [9.17, 15) is 4.79 Å². The summed E-state index contributed by atoms with van der Waals surface area (Å²) in [4.78, 5) is 10.9. The monoisotopic (exact) mass is 239 g/mol. The molecule has 0 spiro atoms. The number of hydrogen-bond donors (Lipinski definition) is 1. The molecule has 0 fully saturated rings. The lowest BCUT2D eigenvalue weighted by Crippen LogP contribution is -2.11. The van der Waals surface area contributed by atoms with Gasteiger partial charge in [0, 0.05) is 11.8 Å². The van der Waals surface area contributed by atoms with Crippen LogP contribution in [-0.4, -0.2) is 15.5 Å². The van der Waals surface area contributed by atoms with Gasteiger partial charge in [0.15, 0.2) is 0 Å². The summed E-state index contributed by atoms with van der Waals surface area (Å²) >= 11 is 3.31. The second kappa shape index (κ2) is 2.85. The highest BCUT2D eigenvalue weighted by Crippen LogP contribution is 2.17. The molecule has 0 saturated carbocycles. The van der Waals surface area contributed by atoms with Gasteiger partial charge in [0.05, 0.1) is 16.2 Å². The van der Waals surface area contributed by atoms with Gasteiger partial charge in [-0.05, 0) is 28.1 Å². The summed E-state index contributed by atoms with van der Waals surface area (Å²) in [5.74, 6) is -0.435. The van der Waals surface area contributed by atoms with E-state index in [0.717, 1.165) is 9.99 Å². The third-order valence-corrected chi connectivity index (χ3v) is 2.37. The highest BCUT2D eigenvalue weighted by atomic mass is 79.9. The third kappa shape index (κ3) is 1.31. The van der Waals surface area contributed by atoms with Crippen LogP contribution >= 0.6 is 15.9 Å². The fourth-order valence-corrected chi connectivity index (χ4v) is 1.49. The Morgan fingerprint density at radius 1 is 1.62 bits per heavy atom. The number of halogens is 1. The maximum absolute atomic E-state index is 10.9. The number of aromatic nitrogens is 2. The number of carbonyl (C=O) groups excluding carboxylic acids is 1. The summed E-state index contributed by atoms with van der Waals surface area (Å²) in [5.41, 5.74) is 6.45. The van der Waals surface area contributed by atoms with Crippen molar-refractivity contribution >= 4 is 27.4 Å². The number of pyridine rings is 1. The van der Waals surface area contributed by atoms with Crippen molar-refractivity contribution in [3.63, 3.8) is 0 Å². The van der Waals surface area contributed by atoms with Gasteiger partial charge in [0.25, 0.3) is 0 Å². The fraction of sp³-hybridized carbons (Fsp3) is 0. The average Bonchev–Trinajstić information content (AvgIpc) is 2.47. The largest absolute Gasteiger partial charge is 0.366 e. The zero-order valence-corrected chi connectivity index (χ0v) is 8.15. The Morgan fingerprint density at radius 3 is 3.08 bits per heavy atom. The molecule has 0 aliphatic rings. The number of nitrogens with zero attached hydrogens (tertiary/aromatic N) is 2. The zero-order chi connectivity index (χ0) is 9.42. The molecule has 2 rings (SSSR count). The Labute approximate surface area is 82.5 Å². The van der Waals surface area contributed by atoms with Gasteiger partial charge in [0.1, 0.15) is 0 Å². The van der Waals surface area contributed by atoms with Gasteiger partial charge in [-0.2, -0.15) is 5.10 Å². The number of carbonyl (C=O) groups is 1. The molecule has 0 aliphatic carbocycles. The van der Waals surface area contributed by atoms with E-state index in [1.165, 1.54) is 0 Å². The van der Waals surface area contributed by atoms with Crippen molar-refractivity contribution in [2.24, 2.45) is 5.73 Å². The summed E-state index contributed by atoms with van der Waals surface area (Å²) in [6, 6.07) is 3.33. The first-order valence-electron chi connectivity index (χ1n) is 3.61. The fourth-order valence-electron chi connectivity index (χ4n) is 1.10. The summed E-state index contributed by atoms with van der Waals surface area (Å²) in [6.07, 6.45) is 3.36. The molecule has 4 nitrogen and oxygen atoms in total. The van der Waals surface area contributed by atoms with Gasteiger partial charge in [-0.3, -0.25) is 4.79 Å². The van der Waals surface area contributed by atoms with E-state index >= 15 is 0 Å². The van der Waals surface area contributed by atoms with E-state index < -0.39 is 5.91 Å². The predicted octanol–water partition coefficient (Wildman–Crippen LogP) is 1.20. The van der Waals surface area contributed by atoms with Crippen LogP contribution in [-0.2, 0) is 0 Å². The first-order valence-corrected chi connectivity index (χ1v) is 4.40. The normalized spacial score (nSPS) is 10.5. The van der Waals surface area contributed by atoms with Gasteiger partial charge >= 0.3 is 0 Å². The van der Waals surface area contributed by atoms with Gasteiger partial charge in [-0.1, -0.05) is 0 Å². The van der Waals surface area contributed by atoms with E-state index in [2.05, 4.69) is 21.0 Å². The first kappa shape index (κ1) is 8.25. The Morgan fingerprint density at radius 2 is 2.38 bits per heavy atom. The van der Waals surface area contributed by atoms with Crippen LogP contribution in [0.3, 0.4) is 0 Å². The Kier molecular flexibility index (Phi) is 1.81. The van der Waals surface area contributed by atoms with Crippen molar-refractivity contribution in [1.82, 2.24) is 9.61 Å². The smallest absolute Gasteiger partial charge is 0.248 e. The highest BCUT2D eigenvalue weighted by Gasteiger charge is 2.04. The van der Waals surface area contributed by atoms with Gasteiger partial charge in [-0.15, -0.1) is 0 Å². The van der Waals surface area contributed by atoms with Crippen molar-refractivity contribution in [1.29, 1.82) is 0 Å². The maximum atomic E-state index is 10.9. The van der Waals surface area contributed by atoms with E-state index in [1.807, 2.05) is 0 Å². The molecule has 0 unspecified atom stereocenters. The lowest BCUT2D eigenvalue weighted by atomic mass is 10.2. The molecule has 0 radical (unpaired) electrons. The van der Waals surface area contributed by atoms with E-state index in [4.69, 9.17) is 5.73 Å². The van der Waals surface area contributed by atoms with E-state index in [1.54, 1.807) is 29.0 Å². The van der Waals surface area contributed by atoms with Crippen LogP contribution in [0.4, 0.5) is 0 Å². The molecule has 1 amide bonds. The average molecular weight is 240 g/mol. The molecular formula is C8H6BrN3O. The number of rotatable bonds is 1. The minimum absolute atomic E-state index is 0.435. The lowest BCUT2D eigenvalue weighted by molar-refractivity contribution is 0.100. The highest BCUT2D eigenvalue weighted by molar-refractivity contribution is 9.10. The first-order chi connectivity index (χ1) is 6.18. The van der Waals surface area contributed by atoms with Gasteiger partial charge < -0.3 is 5.73 Å². The van der Waals surface area contributed by atoms with Crippen LogP contribution < -0.4 is 5.73 Å². The minimum atomic E-state index is -0.435. The SMILES string of the molecule is NC(=O)c1ccn2ncc(Br)c2c1. The molecular weight excluding hydrogens is 234 g/mol. The molecule has 13 heavy (non-hydrogen) atoms. The number of nitrogens with two attached hydrogens (primary N) is 1. The molecule has 0 saturated heterocycles. The third-order valence-electron chi connectivity index (χ3n) is 1.76. The molecule has 66 valence electrons. The van der Waals surface area contributed by atoms with Crippen LogP contribution in [0, 0.1) is 0 Å². The number of primary amides is 1. The second-order valence-corrected chi connectivity index (χ2v) is 3.46. The number of fused-ring (bicyclic) bond motifs is 1. The van der Waals surface area contributed by atoms with Crippen LogP contribution in [0.25, 0.3) is 5.52 Å². The molecule has 2 aromatic heterocycles. The summed E-state index contributed by atoms with van der Waals surface area (Å²) < 4.78 is 2.51. The Hall–Kier alpha value is -1.36. The molecule has 0 aromatic carbocycles. The van der Waals surface area contributed by atoms with Crippen LogP contribution in [0.1, 0.15) is 10.4 Å². The second-order valence-electron chi connectivity index (χ2n) is 2.60. The molecule has 0 bridgehead atoms. The van der Waals surface area contributed by atoms with Gasteiger partial charge in [-0.25, -0.2) is 4.52 Å². The summed E-state index contributed by atoms with van der Waals surface area (Å²) in [6.45, 7) is 0. The molecule has 2 N–H and O–H groups in total. The van der Waals surface area contributed by atoms with E-state index in [0.29, 0.717) is 5.56 Å².